The molecule has 0 aliphatic carbocycles. The van der Waals surface area contributed by atoms with Gasteiger partial charge in [0.25, 0.3) is 5.95 Å². The monoisotopic (exact) mass is 512 g/mol. The van der Waals surface area contributed by atoms with Gasteiger partial charge in [0.2, 0.25) is 0 Å². The molecule has 0 aliphatic rings. The van der Waals surface area contributed by atoms with Crippen LogP contribution in [0.15, 0.2) is 96.7 Å². The van der Waals surface area contributed by atoms with Crippen LogP contribution in [0.3, 0.4) is 0 Å². The molecule has 0 heterocycles. The van der Waals surface area contributed by atoms with E-state index < -0.39 is 7.92 Å². The predicted octanol–water partition coefficient (Wildman–Crippen LogP) is 5.06. The molecule has 0 atom stereocenters. The molecule has 0 saturated heterocycles. The number of rotatable bonds is 7. The zero-order valence-electron chi connectivity index (χ0n) is 17.6. The summed E-state index contributed by atoms with van der Waals surface area (Å²) in [5.41, 5.74) is 1.24. The van der Waals surface area contributed by atoms with E-state index in [4.69, 9.17) is 4.74 Å². The summed E-state index contributed by atoms with van der Waals surface area (Å²) in [5, 5.41) is 12.2. The molecule has 0 fully saturated rings. The fourth-order valence-corrected chi connectivity index (χ4v) is 4.52. The summed E-state index contributed by atoms with van der Waals surface area (Å²) in [6, 6.07) is 31.6. The van der Waals surface area contributed by atoms with Crippen molar-refractivity contribution in [1.29, 1.82) is 0 Å². The second-order valence-electron chi connectivity index (χ2n) is 6.57. The Hall–Kier alpha value is -1.95. The minimum atomic E-state index is -0.739. The molecule has 162 valence electrons. The van der Waals surface area contributed by atoms with Crippen molar-refractivity contribution in [3.63, 3.8) is 0 Å². The van der Waals surface area contributed by atoms with Crippen LogP contribution in [0.4, 0.5) is 0 Å². The predicted molar refractivity (Wildman–Crippen MR) is 124 cm³/mol. The van der Waals surface area contributed by atoms with Crippen molar-refractivity contribution in [2.45, 2.75) is 13.5 Å². The Morgan fingerprint density at radius 1 is 0.933 bits per heavy atom. The summed E-state index contributed by atoms with van der Waals surface area (Å²) in [7, 11) is 3.37. The van der Waals surface area contributed by atoms with E-state index in [1.807, 2.05) is 67.3 Å². The molecule has 0 aromatic heterocycles. The zero-order chi connectivity index (χ0) is 20.9. The number of benzene rings is 3. The maximum absolute atomic E-state index is 9.80. The van der Waals surface area contributed by atoms with Gasteiger partial charge in [-0.25, -0.2) is 0 Å². The van der Waals surface area contributed by atoms with Crippen LogP contribution in [0.25, 0.3) is 0 Å². The first-order valence-corrected chi connectivity index (χ1v) is 11.0. The Morgan fingerprint density at radius 3 is 1.90 bits per heavy atom. The molecule has 30 heavy (non-hydrogen) atoms. The van der Waals surface area contributed by atoms with Crippen molar-refractivity contribution in [2.75, 3.05) is 20.7 Å². The number of hydrogen-bond donors (Lipinski definition) is 1. The van der Waals surface area contributed by atoms with Crippen LogP contribution < -0.4 is 10.6 Å². The van der Waals surface area contributed by atoms with E-state index in [1.54, 1.807) is 0 Å². The Balaban J connectivity index is 0.000000348. The molecular weight excluding hydrogens is 484 g/mol. The van der Waals surface area contributed by atoms with Gasteiger partial charge in [0.05, 0.1) is 6.61 Å². The fourth-order valence-electron chi connectivity index (χ4n) is 2.64. The molecule has 3 aromatic carbocycles. The first-order valence-electron chi connectivity index (χ1n) is 9.63. The Kier molecular flexibility index (Phi) is 13.0. The normalized spacial score (nSPS) is 10.8. The summed E-state index contributed by atoms with van der Waals surface area (Å²) in [6.45, 7) is 3.30. The minimum absolute atomic E-state index is 0. The van der Waals surface area contributed by atoms with Gasteiger partial charge in [0.1, 0.15) is 0 Å². The van der Waals surface area contributed by atoms with Gasteiger partial charge in [-0.2, -0.15) is 30.3 Å². The summed E-state index contributed by atoms with van der Waals surface area (Å²) in [5.74, 6) is 1.81. The van der Waals surface area contributed by atoms with Gasteiger partial charge < -0.3 is 14.7 Å². The number of aliphatic hydroxyl groups excluding tert-OH is 1. The molecule has 0 aliphatic heterocycles. The van der Waals surface area contributed by atoms with Gasteiger partial charge in [-0.3, -0.25) is 0 Å². The van der Waals surface area contributed by atoms with Crippen molar-refractivity contribution < 1.29 is 30.3 Å². The van der Waals surface area contributed by atoms with Crippen molar-refractivity contribution in [2.24, 2.45) is 0 Å². The van der Waals surface area contributed by atoms with Crippen LogP contribution in [0.1, 0.15) is 12.5 Å². The van der Waals surface area contributed by atoms with E-state index in [2.05, 4.69) is 55.4 Å². The molecule has 3 aromatic rings. The minimum Gasteiger partial charge on any atom is -0.481 e. The molecule has 0 saturated carbocycles. The molecule has 3 rings (SSSR count). The summed E-state index contributed by atoms with van der Waals surface area (Å²) in [4.78, 5) is 2.13. The largest absolute Gasteiger partial charge is 0.481 e. The third kappa shape index (κ3) is 9.70. The van der Waals surface area contributed by atoms with E-state index in [-0.39, 0.29) is 26.4 Å². The van der Waals surface area contributed by atoms with Gasteiger partial charge in [-0.05, 0) is 39.5 Å². The fraction of sp³-hybridized carbons (Fsp3) is 0.200. The molecule has 3 nitrogen and oxygen atoms in total. The topological polar surface area (TPSA) is 32.7 Å². The SMILES string of the molecule is CCO/C(O)=C/P(c1ccccc1)c1ccccc1.CN(C)Cc1[c-]cccc1.[Pd]. The van der Waals surface area contributed by atoms with Gasteiger partial charge in [-0.15, -0.1) is 5.56 Å². The molecule has 0 bridgehead atoms. The van der Waals surface area contributed by atoms with E-state index >= 15 is 0 Å². The first-order chi connectivity index (χ1) is 14.1. The quantitative estimate of drug-likeness (QED) is 0.208. The third-order valence-corrected chi connectivity index (χ3v) is 6.05. The average Bonchev–Trinajstić information content (AvgIpc) is 2.74. The third-order valence-electron chi connectivity index (χ3n) is 3.86. The van der Waals surface area contributed by atoms with Crippen LogP contribution in [0.2, 0.25) is 0 Å². The molecular formula is C25H29NO2PPd-. The molecule has 0 radical (unpaired) electrons. The zero-order valence-corrected chi connectivity index (χ0v) is 20.1. The van der Waals surface area contributed by atoms with Crippen molar-refractivity contribution in [1.82, 2.24) is 4.90 Å². The van der Waals surface area contributed by atoms with Crippen LogP contribution in [-0.2, 0) is 31.7 Å². The van der Waals surface area contributed by atoms with Crippen LogP contribution >= 0.6 is 7.92 Å². The van der Waals surface area contributed by atoms with Gasteiger partial charge in [0, 0.05) is 32.8 Å². The molecule has 0 spiro atoms. The summed E-state index contributed by atoms with van der Waals surface area (Å²) in [6.07, 6.45) is 0. The second-order valence-corrected chi connectivity index (χ2v) is 8.60. The average molecular weight is 513 g/mol. The van der Waals surface area contributed by atoms with Crippen LogP contribution in [-0.4, -0.2) is 30.7 Å². The molecule has 0 amide bonds. The van der Waals surface area contributed by atoms with Gasteiger partial charge >= 0.3 is 0 Å². The number of aliphatic hydroxyl groups is 1. The maximum Gasteiger partial charge on any atom is 0.277 e. The van der Waals surface area contributed by atoms with Gasteiger partial charge in [-0.1, -0.05) is 60.7 Å². The van der Waals surface area contributed by atoms with E-state index in [0.29, 0.717) is 6.61 Å². The molecule has 0 unspecified atom stereocenters. The van der Waals surface area contributed by atoms with E-state index in [9.17, 15) is 5.11 Å². The Labute approximate surface area is 195 Å². The second kappa shape index (κ2) is 14.9. The van der Waals surface area contributed by atoms with Crippen molar-refractivity contribution in [3.8, 4) is 0 Å². The van der Waals surface area contributed by atoms with Gasteiger partial charge in [0.15, 0.2) is 0 Å². The smallest absolute Gasteiger partial charge is 0.277 e. The van der Waals surface area contributed by atoms with E-state index in [0.717, 1.165) is 6.54 Å². The van der Waals surface area contributed by atoms with Crippen LogP contribution in [0, 0.1) is 6.07 Å². The Morgan fingerprint density at radius 2 is 1.47 bits per heavy atom. The van der Waals surface area contributed by atoms with Crippen molar-refractivity contribution >= 4 is 18.5 Å². The number of nitrogens with zero attached hydrogens (tertiary/aromatic N) is 1. The molecule has 5 heteroatoms. The molecule has 1 N–H and O–H groups in total. The van der Waals surface area contributed by atoms with Crippen molar-refractivity contribution in [3.05, 3.63) is 108 Å². The van der Waals surface area contributed by atoms with Crippen LogP contribution in [0.5, 0.6) is 0 Å². The standard InChI is InChI=1S/C16H17O2P.C9H12N.Pd/c1-2-18-16(17)13-19(14-9-5-3-6-10-14)15-11-7-4-8-12-15;1-10(2)8-9-6-4-3-5-7-9;/h3-13,17H,2H2,1H3;3-6H,8H2,1-2H3;/q;-1;/b16-13+;;. The number of ether oxygens (including phenoxy) is 1. The van der Waals surface area contributed by atoms with E-state index in [1.165, 1.54) is 16.2 Å². The summed E-state index contributed by atoms with van der Waals surface area (Å²) >= 11 is 0. The number of hydrogen-bond acceptors (Lipinski definition) is 3. The summed E-state index contributed by atoms with van der Waals surface area (Å²) < 4.78 is 5.15. The first kappa shape index (κ1) is 26.1. The maximum atomic E-state index is 9.80. The Bertz CT molecular complexity index is 803.